The van der Waals surface area contributed by atoms with Crippen LogP contribution in [0.15, 0.2) is 78.9 Å². The zero-order chi connectivity index (χ0) is 26.7. The van der Waals surface area contributed by atoms with Crippen molar-refractivity contribution in [1.82, 2.24) is 10.8 Å². The predicted octanol–water partition coefficient (Wildman–Crippen LogP) is 4.25. The Bertz CT molecular complexity index is 1230. The van der Waals surface area contributed by atoms with Crippen molar-refractivity contribution in [2.45, 2.75) is 38.5 Å². The molecule has 2 N–H and O–H groups in total. The van der Waals surface area contributed by atoms with Gasteiger partial charge in [0, 0.05) is 6.54 Å². The lowest BCUT2D eigenvalue weighted by Gasteiger charge is -2.17. The van der Waals surface area contributed by atoms with Crippen molar-refractivity contribution in [3.63, 3.8) is 0 Å². The number of nitrogens with one attached hydrogen (secondary N) is 2. The van der Waals surface area contributed by atoms with Gasteiger partial charge >= 0.3 is 17.9 Å². The fraction of sp³-hybridized carbons (Fsp3) is 0.276. The summed E-state index contributed by atoms with van der Waals surface area (Å²) in [7, 11) is 0. The normalized spacial score (nSPS) is 15.1. The van der Waals surface area contributed by atoms with Crippen LogP contribution in [0.1, 0.15) is 46.0 Å². The van der Waals surface area contributed by atoms with Crippen LogP contribution in [0.5, 0.6) is 11.5 Å². The number of esters is 3. The van der Waals surface area contributed by atoms with Crippen LogP contribution in [-0.4, -0.2) is 43.3 Å². The molecule has 3 aromatic carbocycles. The molecule has 3 aromatic rings. The number of carbonyl (C=O) groups excluding carboxylic acids is 3. The van der Waals surface area contributed by atoms with Gasteiger partial charge in [0.05, 0.1) is 11.1 Å². The van der Waals surface area contributed by atoms with Crippen molar-refractivity contribution in [2.75, 3.05) is 13.1 Å². The number of hydrogen-bond donors (Lipinski definition) is 2. The predicted molar refractivity (Wildman–Crippen MR) is 146 cm³/mol. The first kappa shape index (κ1) is 29.8. The quantitative estimate of drug-likeness (QED) is 0.118. The van der Waals surface area contributed by atoms with Crippen molar-refractivity contribution in [2.24, 2.45) is 0 Å². The van der Waals surface area contributed by atoms with E-state index in [-0.39, 0.29) is 35.9 Å². The van der Waals surface area contributed by atoms with Crippen molar-refractivity contribution in [1.29, 1.82) is 0 Å². The Hall–Kier alpha value is -3.76. The van der Waals surface area contributed by atoms with Crippen LogP contribution in [0, 0.1) is 0 Å². The highest BCUT2D eigenvalue weighted by Gasteiger charge is 2.25. The molecule has 0 spiro atoms. The Kier molecular flexibility index (Phi) is 11.4. The first-order chi connectivity index (χ1) is 18.5. The van der Waals surface area contributed by atoms with Gasteiger partial charge in [-0.2, -0.15) is 5.48 Å². The summed E-state index contributed by atoms with van der Waals surface area (Å²) in [6.07, 6.45) is 1.44. The number of hydroxylamine groups is 1. The minimum absolute atomic E-state index is 0. The Labute approximate surface area is 233 Å². The van der Waals surface area contributed by atoms with Crippen molar-refractivity contribution >= 4 is 30.3 Å². The van der Waals surface area contributed by atoms with Crippen molar-refractivity contribution < 1.29 is 33.4 Å². The number of benzene rings is 3. The Balaban J connectivity index is 0.00000420. The largest absolute Gasteiger partial charge is 0.433 e. The van der Waals surface area contributed by atoms with E-state index in [2.05, 4.69) is 10.8 Å². The topological polar surface area (TPSA) is 112 Å². The molecule has 39 heavy (non-hydrogen) atoms. The van der Waals surface area contributed by atoms with Gasteiger partial charge in [-0.05, 0) is 74.7 Å². The molecule has 9 nitrogen and oxygen atoms in total. The molecule has 2 unspecified atom stereocenters. The lowest BCUT2D eigenvalue weighted by Crippen LogP contribution is -2.36. The van der Waals surface area contributed by atoms with Gasteiger partial charge in [0.15, 0.2) is 11.5 Å². The molecule has 1 heterocycles. The first-order valence-electron chi connectivity index (χ1n) is 12.5. The molecule has 0 aliphatic carbocycles. The van der Waals surface area contributed by atoms with Gasteiger partial charge in [-0.25, -0.2) is 9.59 Å². The fourth-order valence-electron chi connectivity index (χ4n) is 3.87. The van der Waals surface area contributed by atoms with E-state index in [1.807, 2.05) is 0 Å². The molecule has 0 radical (unpaired) electrons. The summed E-state index contributed by atoms with van der Waals surface area (Å²) in [6.45, 7) is 2.83. The monoisotopic (exact) mass is 554 g/mol. The van der Waals surface area contributed by atoms with E-state index in [1.165, 1.54) is 0 Å². The summed E-state index contributed by atoms with van der Waals surface area (Å²) < 4.78 is 16.5. The van der Waals surface area contributed by atoms with Gasteiger partial charge in [-0.15, -0.1) is 12.4 Å². The number of carbonyl (C=O) groups is 3. The molecule has 0 saturated carbocycles. The van der Waals surface area contributed by atoms with E-state index >= 15 is 0 Å². The minimum atomic E-state index is -0.757. The van der Waals surface area contributed by atoms with Gasteiger partial charge < -0.3 is 19.5 Å². The molecule has 4 rings (SSSR count). The van der Waals surface area contributed by atoms with E-state index in [1.54, 1.807) is 85.8 Å². The summed E-state index contributed by atoms with van der Waals surface area (Å²) in [5, 5.41) is 3.09. The smallest absolute Gasteiger partial charge is 0.343 e. The van der Waals surface area contributed by atoms with Gasteiger partial charge in [-0.3, -0.25) is 9.63 Å². The molecule has 1 fully saturated rings. The fourth-order valence-corrected chi connectivity index (χ4v) is 3.87. The number of halogens is 1. The zero-order valence-electron chi connectivity index (χ0n) is 21.5. The molecule has 1 aliphatic rings. The van der Waals surface area contributed by atoms with Crippen LogP contribution in [0.3, 0.4) is 0 Å². The third-order valence-electron chi connectivity index (χ3n) is 5.82. The van der Waals surface area contributed by atoms with Crippen molar-refractivity contribution in [3.05, 3.63) is 95.6 Å². The van der Waals surface area contributed by atoms with Crippen LogP contribution >= 0.6 is 12.4 Å². The lowest BCUT2D eigenvalue weighted by atomic mass is 10.1. The average molecular weight is 555 g/mol. The molecule has 0 bridgehead atoms. The van der Waals surface area contributed by atoms with Crippen LogP contribution in [0.4, 0.5) is 0 Å². The summed E-state index contributed by atoms with van der Waals surface area (Å²) in [5.41, 5.74) is 4.33. The third kappa shape index (κ3) is 8.90. The molecular formula is C29H31ClN2O7. The Morgan fingerprint density at radius 2 is 1.51 bits per heavy atom. The molecule has 206 valence electrons. The number of ether oxygens (including phenoxy) is 3. The zero-order valence-corrected chi connectivity index (χ0v) is 22.3. The summed E-state index contributed by atoms with van der Waals surface area (Å²) in [6, 6.07) is 21.8. The van der Waals surface area contributed by atoms with E-state index in [0.717, 1.165) is 24.9 Å². The maximum Gasteiger partial charge on any atom is 0.343 e. The summed E-state index contributed by atoms with van der Waals surface area (Å²) >= 11 is 0. The maximum atomic E-state index is 12.7. The summed E-state index contributed by atoms with van der Waals surface area (Å²) in [4.78, 5) is 42.8. The molecule has 1 saturated heterocycles. The first-order valence-corrected chi connectivity index (χ1v) is 12.5. The number of hydrogen-bond acceptors (Lipinski definition) is 9. The van der Waals surface area contributed by atoms with Crippen molar-refractivity contribution in [3.8, 4) is 11.5 Å². The second-order valence-electron chi connectivity index (χ2n) is 8.71. The van der Waals surface area contributed by atoms with Gasteiger partial charge in [-0.1, -0.05) is 42.5 Å². The van der Waals surface area contributed by atoms with Crippen LogP contribution in [-0.2, 0) is 20.8 Å². The minimum Gasteiger partial charge on any atom is -0.433 e. The lowest BCUT2D eigenvalue weighted by molar-refractivity contribution is -0.190. The van der Waals surface area contributed by atoms with E-state index in [0.29, 0.717) is 24.1 Å². The second-order valence-corrected chi connectivity index (χ2v) is 8.71. The second kappa shape index (κ2) is 15.0. The van der Waals surface area contributed by atoms with Gasteiger partial charge in [0.2, 0.25) is 6.29 Å². The third-order valence-corrected chi connectivity index (χ3v) is 5.82. The highest BCUT2D eigenvalue weighted by Crippen LogP contribution is 2.30. The molecule has 2 atom stereocenters. The van der Waals surface area contributed by atoms with E-state index in [4.69, 9.17) is 19.0 Å². The van der Waals surface area contributed by atoms with Gasteiger partial charge in [0.1, 0.15) is 6.04 Å². The molecule has 10 heteroatoms. The molecular weight excluding hydrogens is 524 g/mol. The highest BCUT2D eigenvalue weighted by atomic mass is 35.5. The van der Waals surface area contributed by atoms with Crippen LogP contribution < -0.4 is 20.3 Å². The highest BCUT2D eigenvalue weighted by molar-refractivity contribution is 5.93. The maximum absolute atomic E-state index is 12.7. The summed E-state index contributed by atoms with van der Waals surface area (Å²) in [5.74, 6) is -1.23. The average Bonchev–Trinajstić information content (AvgIpc) is 3.49. The van der Waals surface area contributed by atoms with E-state index < -0.39 is 18.2 Å². The molecule has 0 amide bonds. The Morgan fingerprint density at radius 1 is 0.897 bits per heavy atom. The Morgan fingerprint density at radius 3 is 2.10 bits per heavy atom. The molecule has 0 aromatic heterocycles. The number of rotatable bonds is 11. The van der Waals surface area contributed by atoms with Gasteiger partial charge in [0.25, 0.3) is 0 Å². The SMILES string of the molecule is CC(ONCCc1ccc(OC(=O)c2ccccc2)c(OC(=O)c2ccccc2)c1)OC(=O)C1CCCN1.Cl. The standard InChI is InChI=1S/C29H30N2O7.ClH/c1-20(35-29(34)24-13-8-17-30-24)38-31-18-16-21-14-15-25(36-27(32)22-9-4-2-5-10-22)26(19-21)37-28(33)23-11-6-3-7-12-23;/h2-7,9-12,14-15,19-20,24,30-31H,8,13,16-18H2,1H3;1H. The molecule has 1 aliphatic heterocycles. The van der Waals surface area contributed by atoms with E-state index in [9.17, 15) is 14.4 Å². The van der Waals surface area contributed by atoms with Crippen LogP contribution in [0.25, 0.3) is 0 Å². The van der Waals surface area contributed by atoms with Crippen LogP contribution in [0.2, 0.25) is 0 Å².